The average molecular weight is 332 g/mol. The molecule has 1 unspecified atom stereocenters. The normalized spacial score (nSPS) is 19.1. The van der Waals surface area contributed by atoms with Gasteiger partial charge >= 0.3 is 6.18 Å². The lowest BCUT2D eigenvalue weighted by Gasteiger charge is -2.34. The van der Waals surface area contributed by atoms with Gasteiger partial charge in [0.05, 0.1) is 13.0 Å². The van der Waals surface area contributed by atoms with E-state index in [1.807, 2.05) is 43.0 Å². The zero-order chi connectivity index (χ0) is 17.3. The van der Waals surface area contributed by atoms with E-state index in [1.165, 1.54) is 0 Å². The molecule has 1 N–H and O–H groups in total. The smallest absolute Gasteiger partial charge is 0.380 e. The summed E-state index contributed by atoms with van der Waals surface area (Å²) in [6.07, 6.45) is -4.82. The first-order valence-corrected chi connectivity index (χ1v) is 8.08. The molecule has 0 aliphatic carbocycles. The highest BCUT2D eigenvalue weighted by molar-refractivity contribution is 5.25. The maximum Gasteiger partial charge on any atom is 0.390 e. The Labute approximate surface area is 136 Å². The van der Waals surface area contributed by atoms with Gasteiger partial charge in [-0.3, -0.25) is 4.90 Å². The summed E-state index contributed by atoms with van der Waals surface area (Å²) in [6.45, 7) is 6.62. The minimum absolute atomic E-state index is 0.0729. The largest absolute Gasteiger partial charge is 0.390 e. The summed E-state index contributed by atoms with van der Waals surface area (Å²) in [5.41, 5.74) is 2.19. The second-order valence-electron chi connectivity index (χ2n) is 5.35. The molecule has 0 saturated carbocycles. The van der Waals surface area contributed by atoms with E-state index in [2.05, 4.69) is 5.32 Å². The first-order valence-electron chi connectivity index (χ1n) is 8.08. The zero-order valence-corrected chi connectivity index (χ0v) is 14.1. The molecule has 1 aliphatic heterocycles. The molecule has 1 aliphatic rings. The van der Waals surface area contributed by atoms with E-state index >= 15 is 0 Å². The molecule has 0 amide bonds. The molecule has 0 bridgehead atoms. The number of ether oxygens (including phenoxy) is 1. The van der Waals surface area contributed by atoms with Crippen molar-refractivity contribution >= 4 is 0 Å². The topological polar surface area (TPSA) is 24.5 Å². The molecule has 1 saturated heterocycles. The Kier molecular flexibility index (Phi) is 8.58. The molecule has 1 aromatic rings. The molecule has 1 heterocycles. The number of rotatable bonds is 5. The van der Waals surface area contributed by atoms with Crippen molar-refractivity contribution in [2.75, 3.05) is 33.3 Å². The Morgan fingerprint density at radius 2 is 1.87 bits per heavy atom. The second kappa shape index (κ2) is 9.90. The lowest BCUT2D eigenvalue weighted by atomic mass is 10.0. The molecule has 1 fully saturated rings. The minimum Gasteiger partial charge on any atom is -0.380 e. The predicted molar refractivity (Wildman–Crippen MR) is 86.4 cm³/mol. The number of nitrogens with zero attached hydrogens (tertiary/aromatic N) is 1. The number of hydrogen-bond acceptors (Lipinski definition) is 3. The predicted octanol–water partition coefficient (Wildman–Crippen LogP) is 3.76. The monoisotopic (exact) mass is 332 g/mol. The SMILES string of the molecule is CC.COCc1ccc(C2CN(CCC(F)(F)F)CCN2)cc1. The third-order valence-electron chi connectivity index (χ3n) is 3.66. The van der Waals surface area contributed by atoms with Gasteiger partial charge in [0.2, 0.25) is 0 Å². The summed E-state index contributed by atoms with van der Waals surface area (Å²) in [5.74, 6) is 0. The van der Waals surface area contributed by atoms with Gasteiger partial charge in [0, 0.05) is 39.3 Å². The van der Waals surface area contributed by atoms with Gasteiger partial charge in [-0.05, 0) is 11.1 Å². The van der Waals surface area contributed by atoms with Crippen molar-refractivity contribution < 1.29 is 17.9 Å². The second-order valence-corrected chi connectivity index (χ2v) is 5.35. The Morgan fingerprint density at radius 1 is 1.22 bits per heavy atom. The van der Waals surface area contributed by atoms with E-state index < -0.39 is 12.6 Å². The Bertz CT molecular complexity index is 434. The fraction of sp³-hybridized carbons (Fsp3) is 0.647. The molecule has 0 spiro atoms. The van der Waals surface area contributed by atoms with Crippen molar-refractivity contribution in [1.82, 2.24) is 10.2 Å². The van der Waals surface area contributed by atoms with Crippen LogP contribution in [0.2, 0.25) is 0 Å². The molecule has 3 nitrogen and oxygen atoms in total. The first-order chi connectivity index (χ1) is 11.0. The van der Waals surface area contributed by atoms with E-state index in [1.54, 1.807) is 7.11 Å². The lowest BCUT2D eigenvalue weighted by molar-refractivity contribution is -0.138. The Morgan fingerprint density at radius 3 is 2.43 bits per heavy atom. The molecule has 1 aromatic carbocycles. The van der Waals surface area contributed by atoms with Gasteiger partial charge in [-0.25, -0.2) is 0 Å². The zero-order valence-electron chi connectivity index (χ0n) is 14.1. The Hall–Kier alpha value is -1.11. The number of benzene rings is 1. The number of piperazine rings is 1. The van der Waals surface area contributed by atoms with Crippen molar-refractivity contribution in [3.8, 4) is 0 Å². The van der Waals surface area contributed by atoms with Crippen LogP contribution < -0.4 is 5.32 Å². The molecule has 23 heavy (non-hydrogen) atoms. The van der Waals surface area contributed by atoms with E-state index in [0.717, 1.165) is 11.1 Å². The van der Waals surface area contributed by atoms with Crippen LogP contribution in [0.3, 0.4) is 0 Å². The number of alkyl halides is 3. The number of hydrogen-bond donors (Lipinski definition) is 1. The van der Waals surface area contributed by atoms with Crippen LogP contribution in [-0.4, -0.2) is 44.4 Å². The van der Waals surface area contributed by atoms with Crippen molar-refractivity contribution in [3.63, 3.8) is 0 Å². The standard InChI is InChI=1S/C15H21F3N2O.C2H6/c1-21-11-12-2-4-13(5-3-12)14-10-20(9-7-19-14)8-6-15(16,17)18;1-2/h2-5,14,19H,6-11H2,1H3;1-2H3. The number of halogens is 3. The van der Waals surface area contributed by atoms with E-state index in [-0.39, 0.29) is 12.6 Å². The molecule has 132 valence electrons. The average Bonchev–Trinajstić information content (AvgIpc) is 2.56. The first kappa shape index (κ1) is 19.9. The summed E-state index contributed by atoms with van der Waals surface area (Å²) in [5, 5.41) is 3.36. The summed E-state index contributed by atoms with van der Waals surface area (Å²) in [6, 6.07) is 8.10. The van der Waals surface area contributed by atoms with Gasteiger partial charge in [-0.15, -0.1) is 0 Å². The molecule has 2 rings (SSSR count). The van der Waals surface area contributed by atoms with Crippen LogP contribution in [0.5, 0.6) is 0 Å². The highest BCUT2D eigenvalue weighted by Gasteiger charge is 2.29. The molecule has 0 aromatic heterocycles. The Balaban J connectivity index is 0.00000127. The summed E-state index contributed by atoms with van der Waals surface area (Å²) in [4.78, 5) is 1.87. The molecule has 6 heteroatoms. The van der Waals surface area contributed by atoms with Gasteiger partial charge in [0.1, 0.15) is 0 Å². The molecular weight excluding hydrogens is 305 g/mol. The van der Waals surface area contributed by atoms with Crippen LogP contribution in [0.4, 0.5) is 13.2 Å². The quantitative estimate of drug-likeness (QED) is 0.888. The van der Waals surface area contributed by atoms with E-state index in [9.17, 15) is 13.2 Å². The van der Waals surface area contributed by atoms with Gasteiger partial charge in [0.25, 0.3) is 0 Å². The minimum atomic E-state index is -4.08. The fourth-order valence-corrected chi connectivity index (χ4v) is 2.54. The fourth-order valence-electron chi connectivity index (χ4n) is 2.54. The van der Waals surface area contributed by atoms with Crippen LogP contribution in [0.1, 0.15) is 37.4 Å². The number of nitrogens with one attached hydrogen (secondary N) is 1. The van der Waals surface area contributed by atoms with Crippen LogP contribution >= 0.6 is 0 Å². The van der Waals surface area contributed by atoms with Crippen LogP contribution in [0.25, 0.3) is 0 Å². The van der Waals surface area contributed by atoms with Gasteiger partial charge in [-0.2, -0.15) is 13.2 Å². The highest BCUT2D eigenvalue weighted by Crippen LogP contribution is 2.22. The maximum atomic E-state index is 12.3. The van der Waals surface area contributed by atoms with E-state index in [4.69, 9.17) is 4.74 Å². The van der Waals surface area contributed by atoms with Gasteiger partial charge < -0.3 is 10.1 Å². The third kappa shape index (κ3) is 7.33. The van der Waals surface area contributed by atoms with Crippen molar-refractivity contribution in [3.05, 3.63) is 35.4 Å². The third-order valence-corrected chi connectivity index (χ3v) is 3.66. The molecule has 1 atom stereocenters. The molecule has 0 radical (unpaired) electrons. The van der Waals surface area contributed by atoms with Gasteiger partial charge in [-0.1, -0.05) is 38.1 Å². The number of methoxy groups -OCH3 is 1. The van der Waals surface area contributed by atoms with Crippen molar-refractivity contribution in [2.45, 2.75) is 39.1 Å². The maximum absolute atomic E-state index is 12.3. The highest BCUT2D eigenvalue weighted by atomic mass is 19.4. The van der Waals surface area contributed by atoms with Crippen LogP contribution in [0.15, 0.2) is 24.3 Å². The van der Waals surface area contributed by atoms with Crippen molar-refractivity contribution in [1.29, 1.82) is 0 Å². The van der Waals surface area contributed by atoms with E-state index in [0.29, 0.717) is 26.2 Å². The summed E-state index contributed by atoms with van der Waals surface area (Å²) in [7, 11) is 1.65. The summed E-state index contributed by atoms with van der Waals surface area (Å²) >= 11 is 0. The van der Waals surface area contributed by atoms with Gasteiger partial charge in [0.15, 0.2) is 0 Å². The summed E-state index contributed by atoms with van der Waals surface area (Å²) < 4.78 is 41.9. The van der Waals surface area contributed by atoms with Crippen molar-refractivity contribution in [2.24, 2.45) is 0 Å². The van der Waals surface area contributed by atoms with Crippen LogP contribution in [-0.2, 0) is 11.3 Å². The van der Waals surface area contributed by atoms with Crippen LogP contribution in [0, 0.1) is 0 Å². The molecular formula is C17H27F3N2O. The lowest BCUT2D eigenvalue weighted by Crippen LogP contribution is -2.46.